The van der Waals surface area contributed by atoms with Gasteiger partial charge in [-0.15, -0.1) is 5.10 Å². The molecule has 0 radical (unpaired) electrons. The van der Waals surface area contributed by atoms with Crippen molar-refractivity contribution in [2.45, 2.75) is 33.0 Å². The summed E-state index contributed by atoms with van der Waals surface area (Å²) in [5.74, 6) is 0.331. The summed E-state index contributed by atoms with van der Waals surface area (Å²) in [5.41, 5.74) is 3.26. The molecule has 0 bridgehead atoms. The van der Waals surface area contributed by atoms with Gasteiger partial charge in [0.15, 0.2) is 5.69 Å². The van der Waals surface area contributed by atoms with Gasteiger partial charge in [0.05, 0.1) is 25.9 Å². The van der Waals surface area contributed by atoms with Crippen LogP contribution in [0.5, 0.6) is 5.75 Å². The molecule has 2 amide bonds. The third-order valence-electron chi connectivity index (χ3n) is 5.23. The number of hydrogen-bond acceptors (Lipinski definition) is 5. The minimum atomic E-state index is -0.369. The quantitative estimate of drug-likeness (QED) is 0.657. The average Bonchev–Trinajstić information content (AvgIpc) is 3.08. The van der Waals surface area contributed by atoms with Crippen LogP contribution < -0.4 is 10.1 Å². The highest BCUT2D eigenvalue weighted by Gasteiger charge is 2.27. The molecule has 1 aliphatic rings. The van der Waals surface area contributed by atoms with Gasteiger partial charge in [0.1, 0.15) is 5.75 Å². The van der Waals surface area contributed by atoms with Crippen molar-refractivity contribution < 1.29 is 14.3 Å². The van der Waals surface area contributed by atoms with Crippen LogP contribution >= 0.6 is 11.6 Å². The molecule has 31 heavy (non-hydrogen) atoms. The molecule has 9 heteroatoms. The molecule has 0 aliphatic carbocycles. The number of fused-ring (bicyclic) bond motifs is 1. The first-order valence-corrected chi connectivity index (χ1v) is 10.2. The van der Waals surface area contributed by atoms with Crippen molar-refractivity contribution in [1.29, 1.82) is 0 Å². The van der Waals surface area contributed by atoms with E-state index in [1.54, 1.807) is 34.9 Å². The van der Waals surface area contributed by atoms with Crippen molar-refractivity contribution in [3.63, 3.8) is 0 Å². The van der Waals surface area contributed by atoms with Crippen LogP contribution in [0.25, 0.3) is 0 Å². The molecule has 0 spiro atoms. The Morgan fingerprint density at radius 3 is 2.84 bits per heavy atom. The van der Waals surface area contributed by atoms with E-state index in [1.807, 2.05) is 31.2 Å². The summed E-state index contributed by atoms with van der Waals surface area (Å²) < 4.78 is 6.84. The smallest absolute Gasteiger partial charge is 0.278 e. The number of methoxy groups -OCH3 is 1. The number of aryl methyl sites for hydroxylation is 2. The molecule has 4 rings (SSSR count). The lowest BCUT2D eigenvalue weighted by molar-refractivity contribution is -0.132. The first-order chi connectivity index (χ1) is 14.9. The fourth-order valence-electron chi connectivity index (χ4n) is 3.56. The number of hydrogen-bond donors (Lipinski definition) is 1. The molecule has 0 saturated heterocycles. The molecule has 0 fully saturated rings. The van der Waals surface area contributed by atoms with E-state index in [0.29, 0.717) is 35.2 Å². The van der Waals surface area contributed by atoms with Crippen molar-refractivity contribution in [2.75, 3.05) is 12.4 Å². The number of ether oxygens (including phenoxy) is 1. The van der Waals surface area contributed by atoms with Crippen LogP contribution in [0, 0.1) is 6.92 Å². The zero-order valence-corrected chi connectivity index (χ0v) is 18.0. The van der Waals surface area contributed by atoms with Gasteiger partial charge >= 0.3 is 0 Å². The summed E-state index contributed by atoms with van der Waals surface area (Å²) in [4.78, 5) is 27.3. The molecule has 0 unspecified atom stereocenters. The molecule has 2 aromatic carbocycles. The van der Waals surface area contributed by atoms with E-state index in [9.17, 15) is 9.59 Å². The molecule has 8 nitrogen and oxygen atoms in total. The van der Waals surface area contributed by atoms with Crippen LogP contribution in [-0.2, 0) is 24.4 Å². The maximum absolute atomic E-state index is 13.0. The zero-order chi connectivity index (χ0) is 22.0. The molecule has 1 N–H and O–H groups in total. The van der Waals surface area contributed by atoms with Crippen molar-refractivity contribution in [1.82, 2.24) is 19.9 Å². The Bertz CT molecular complexity index is 1140. The maximum Gasteiger partial charge on any atom is 0.278 e. The number of halogens is 1. The van der Waals surface area contributed by atoms with Gasteiger partial charge in [-0.3, -0.25) is 9.59 Å². The van der Waals surface area contributed by atoms with E-state index in [2.05, 4.69) is 15.6 Å². The lowest BCUT2D eigenvalue weighted by atomic mass is 10.1. The Hall–Kier alpha value is -3.39. The number of nitrogens with one attached hydrogen (secondary N) is 1. The minimum Gasteiger partial charge on any atom is -0.497 e. The van der Waals surface area contributed by atoms with Crippen LogP contribution in [0.15, 0.2) is 42.5 Å². The van der Waals surface area contributed by atoms with Gasteiger partial charge in [-0.1, -0.05) is 28.9 Å². The Morgan fingerprint density at radius 1 is 1.26 bits per heavy atom. The fourth-order valence-corrected chi connectivity index (χ4v) is 3.77. The molecule has 160 valence electrons. The van der Waals surface area contributed by atoms with Crippen LogP contribution in [-0.4, -0.2) is 38.8 Å². The van der Waals surface area contributed by atoms with Crippen molar-refractivity contribution in [2.24, 2.45) is 0 Å². The summed E-state index contributed by atoms with van der Waals surface area (Å²) in [5, 5.41) is 11.7. The lowest BCUT2D eigenvalue weighted by Crippen LogP contribution is -2.29. The molecule has 1 aromatic heterocycles. The van der Waals surface area contributed by atoms with Gasteiger partial charge in [-0.25, -0.2) is 4.68 Å². The molecule has 1 aliphatic heterocycles. The van der Waals surface area contributed by atoms with Crippen LogP contribution in [0.2, 0.25) is 5.02 Å². The highest BCUT2D eigenvalue weighted by molar-refractivity contribution is 6.30. The normalized spacial score (nSPS) is 13.5. The topological polar surface area (TPSA) is 89.3 Å². The van der Waals surface area contributed by atoms with Crippen molar-refractivity contribution >= 4 is 29.1 Å². The molecule has 2 heterocycles. The maximum atomic E-state index is 13.0. The van der Waals surface area contributed by atoms with Gasteiger partial charge in [-0.05, 0) is 48.4 Å². The number of carbonyl (C=O) groups excluding carboxylic acids is 2. The molecule has 0 saturated carbocycles. The second kappa shape index (κ2) is 8.77. The predicted octanol–water partition coefficient (Wildman–Crippen LogP) is 3.43. The summed E-state index contributed by atoms with van der Waals surface area (Å²) in [7, 11) is 1.59. The van der Waals surface area contributed by atoms with Gasteiger partial charge in [0.2, 0.25) is 5.91 Å². The summed E-state index contributed by atoms with van der Waals surface area (Å²) in [6, 6.07) is 12.8. The van der Waals surface area contributed by atoms with Crippen LogP contribution in [0.4, 0.5) is 5.69 Å². The zero-order valence-electron chi connectivity index (χ0n) is 17.3. The third kappa shape index (κ3) is 4.54. The Morgan fingerprint density at radius 2 is 2.10 bits per heavy atom. The standard InChI is InChI=1S/C22H22ClN5O3/c1-14-10-17(31-2)6-7-18(14)24-22(30)21-19-13-27(12-15-4-3-5-16(23)11-15)20(29)8-9-28(19)26-25-21/h3-7,10-11H,8-9,12-13H2,1-2H3,(H,24,30). The van der Waals surface area contributed by atoms with Crippen LogP contribution in [0.1, 0.15) is 33.7 Å². The molecular weight excluding hydrogens is 418 g/mol. The highest BCUT2D eigenvalue weighted by Crippen LogP contribution is 2.23. The molecular formula is C22H22ClN5O3. The van der Waals surface area contributed by atoms with E-state index in [-0.39, 0.29) is 30.5 Å². The van der Waals surface area contributed by atoms with Crippen molar-refractivity contribution in [3.8, 4) is 5.75 Å². The number of amides is 2. The number of aromatic nitrogens is 3. The summed E-state index contributed by atoms with van der Waals surface area (Å²) in [6.07, 6.45) is 0.287. The first-order valence-electron chi connectivity index (χ1n) is 9.85. The van der Waals surface area contributed by atoms with E-state index in [1.165, 1.54) is 0 Å². The monoisotopic (exact) mass is 439 g/mol. The molecule has 3 aromatic rings. The fraction of sp³-hybridized carbons (Fsp3) is 0.273. The Balaban J connectivity index is 1.57. The van der Waals surface area contributed by atoms with E-state index >= 15 is 0 Å². The van der Waals surface area contributed by atoms with Crippen LogP contribution in [0.3, 0.4) is 0 Å². The Labute approximate surface area is 184 Å². The second-order valence-corrected chi connectivity index (χ2v) is 7.81. The van der Waals surface area contributed by atoms with E-state index < -0.39 is 0 Å². The first kappa shape index (κ1) is 20.9. The van der Waals surface area contributed by atoms with Gasteiger partial charge in [0, 0.05) is 23.7 Å². The van der Waals surface area contributed by atoms with E-state index in [4.69, 9.17) is 16.3 Å². The largest absolute Gasteiger partial charge is 0.497 e. The number of carbonyl (C=O) groups is 2. The SMILES string of the molecule is COc1ccc(NC(=O)c2nnn3c2CN(Cc2cccc(Cl)c2)C(=O)CC3)c(C)c1. The Kier molecular flexibility index (Phi) is 5.90. The third-order valence-corrected chi connectivity index (χ3v) is 5.46. The number of rotatable bonds is 5. The van der Waals surface area contributed by atoms with Gasteiger partial charge in [-0.2, -0.15) is 0 Å². The predicted molar refractivity (Wildman–Crippen MR) is 116 cm³/mol. The van der Waals surface area contributed by atoms with Gasteiger partial charge < -0.3 is 15.0 Å². The summed E-state index contributed by atoms with van der Waals surface area (Å²) in [6.45, 7) is 2.89. The lowest BCUT2D eigenvalue weighted by Gasteiger charge is -2.20. The second-order valence-electron chi connectivity index (χ2n) is 7.37. The van der Waals surface area contributed by atoms with Crippen molar-refractivity contribution in [3.05, 3.63) is 70.0 Å². The number of anilines is 1. The average molecular weight is 440 g/mol. The molecule has 0 atom stereocenters. The van der Waals surface area contributed by atoms with E-state index in [0.717, 1.165) is 11.1 Å². The van der Waals surface area contributed by atoms with Gasteiger partial charge in [0.25, 0.3) is 5.91 Å². The minimum absolute atomic E-state index is 0.0113. The number of benzene rings is 2. The summed E-state index contributed by atoms with van der Waals surface area (Å²) >= 11 is 6.08. The highest BCUT2D eigenvalue weighted by atomic mass is 35.5. The number of nitrogens with zero attached hydrogens (tertiary/aromatic N) is 4.